The molecule has 3 atom stereocenters. The zero-order chi connectivity index (χ0) is 48.8. The van der Waals surface area contributed by atoms with Crippen LogP contribution >= 0.6 is 0 Å². The highest BCUT2D eigenvalue weighted by atomic mass is 16.5. The van der Waals surface area contributed by atoms with E-state index < -0.39 is 18.2 Å². The predicted molar refractivity (Wildman–Crippen MR) is 291 cm³/mol. The molecular formula is C61H105NO5. The Kier molecular flexibility index (Phi) is 51.1. The van der Waals surface area contributed by atoms with Gasteiger partial charge in [0.1, 0.15) is 6.10 Å². The van der Waals surface area contributed by atoms with Crippen molar-refractivity contribution in [1.29, 1.82) is 0 Å². The van der Waals surface area contributed by atoms with E-state index in [1.165, 1.54) is 96.3 Å². The third-order valence-corrected chi connectivity index (χ3v) is 12.3. The van der Waals surface area contributed by atoms with Gasteiger partial charge in [0.2, 0.25) is 5.91 Å². The van der Waals surface area contributed by atoms with Crippen molar-refractivity contribution in [2.24, 2.45) is 0 Å². The third kappa shape index (κ3) is 49.0. The maximum atomic E-state index is 13.3. The lowest BCUT2D eigenvalue weighted by Crippen LogP contribution is -2.46. The number of aliphatic hydroxyl groups excluding tert-OH is 2. The number of unbranched alkanes of at least 4 members (excludes halogenated alkanes) is 27. The maximum Gasteiger partial charge on any atom is 0.306 e. The molecule has 1 amide bonds. The molecule has 3 unspecified atom stereocenters. The number of aliphatic hydroxyl groups is 2. The molecule has 0 aliphatic rings. The number of rotatable bonds is 49. The van der Waals surface area contributed by atoms with Crippen LogP contribution in [-0.2, 0) is 14.3 Å². The summed E-state index contributed by atoms with van der Waals surface area (Å²) in [6.07, 6.45) is 71.8. The van der Waals surface area contributed by atoms with Crippen molar-refractivity contribution in [3.8, 4) is 0 Å². The zero-order valence-corrected chi connectivity index (χ0v) is 43.8. The number of nitrogens with one attached hydrogen (secondary N) is 1. The molecule has 0 saturated carbocycles. The summed E-state index contributed by atoms with van der Waals surface area (Å²) in [7, 11) is 0. The Morgan fingerprint density at radius 3 is 1.28 bits per heavy atom. The fraction of sp³-hybridized carbons (Fsp3) is 0.705. The van der Waals surface area contributed by atoms with Gasteiger partial charge < -0.3 is 20.3 Å². The fourth-order valence-corrected chi connectivity index (χ4v) is 8.11. The number of carbonyl (C=O) groups is 2. The first kappa shape index (κ1) is 63.8. The highest BCUT2D eigenvalue weighted by Gasteiger charge is 2.24. The highest BCUT2D eigenvalue weighted by molar-refractivity contribution is 5.77. The topological polar surface area (TPSA) is 95.9 Å². The summed E-state index contributed by atoms with van der Waals surface area (Å²) in [4.78, 5) is 26.2. The first-order valence-corrected chi connectivity index (χ1v) is 28.1. The van der Waals surface area contributed by atoms with E-state index in [4.69, 9.17) is 4.74 Å². The SMILES string of the molecule is CC/C=C/C=C/C=C/CCCCCCCC(CC(=O)NC(CO)C(O)CCCCCCCCCCCCCCCCCCC)OC(=O)CCCCCCC/C=C/C=C/C=C/C=C/C=C/CCC. The van der Waals surface area contributed by atoms with Crippen LogP contribution in [0.4, 0.5) is 0 Å². The van der Waals surface area contributed by atoms with Crippen LogP contribution in [0, 0.1) is 0 Å². The van der Waals surface area contributed by atoms with Crippen molar-refractivity contribution < 1.29 is 24.5 Å². The largest absolute Gasteiger partial charge is 0.462 e. The molecule has 0 radical (unpaired) electrons. The molecule has 0 rings (SSSR count). The summed E-state index contributed by atoms with van der Waals surface area (Å²) < 4.78 is 5.93. The van der Waals surface area contributed by atoms with E-state index in [0.29, 0.717) is 19.3 Å². The van der Waals surface area contributed by atoms with Gasteiger partial charge in [0, 0.05) is 6.42 Å². The zero-order valence-electron chi connectivity index (χ0n) is 43.8. The second kappa shape index (κ2) is 53.7. The van der Waals surface area contributed by atoms with E-state index in [1.54, 1.807) is 0 Å². The fourth-order valence-electron chi connectivity index (χ4n) is 8.11. The van der Waals surface area contributed by atoms with Crippen LogP contribution in [0.25, 0.3) is 0 Å². The van der Waals surface area contributed by atoms with E-state index in [0.717, 1.165) is 109 Å². The lowest BCUT2D eigenvalue weighted by atomic mass is 10.0. The lowest BCUT2D eigenvalue weighted by Gasteiger charge is -2.24. The van der Waals surface area contributed by atoms with Gasteiger partial charge in [-0.2, -0.15) is 0 Å². The van der Waals surface area contributed by atoms with Gasteiger partial charge in [-0.3, -0.25) is 9.59 Å². The van der Waals surface area contributed by atoms with Crippen LogP contribution in [0.2, 0.25) is 0 Å². The monoisotopic (exact) mass is 932 g/mol. The minimum atomic E-state index is -0.805. The molecule has 0 aromatic heterocycles. The molecule has 67 heavy (non-hydrogen) atoms. The molecule has 0 aliphatic heterocycles. The maximum absolute atomic E-state index is 13.3. The van der Waals surface area contributed by atoms with Crippen molar-refractivity contribution in [3.63, 3.8) is 0 Å². The van der Waals surface area contributed by atoms with Gasteiger partial charge in [-0.25, -0.2) is 0 Å². The van der Waals surface area contributed by atoms with E-state index in [-0.39, 0.29) is 24.9 Å². The van der Waals surface area contributed by atoms with Crippen molar-refractivity contribution in [1.82, 2.24) is 5.32 Å². The van der Waals surface area contributed by atoms with Crippen LogP contribution < -0.4 is 5.32 Å². The smallest absolute Gasteiger partial charge is 0.306 e. The summed E-state index contributed by atoms with van der Waals surface area (Å²) in [5, 5.41) is 23.9. The van der Waals surface area contributed by atoms with Crippen LogP contribution in [0.5, 0.6) is 0 Å². The van der Waals surface area contributed by atoms with E-state index in [1.807, 2.05) is 24.3 Å². The van der Waals surface area contributed by atoms with Gasteiger partial charge in [0.15, 0.2) is 0 Å². The Morgan fingerprint density at radius 1 is 0.448 bits per heavy atom. The van der Waals surface area contributed by atoms with Gasteiger partial charge >= 0.3 is 5.97 Å². The molecule has 384 valence electrons. The first-order valence-electron chi connectivity index (χ1n) is 28.1. The van der Waals surface area contributed by atoms with Crippen LogP contribution in [-0.4, -0.2) is 46.9 Å². The second-order valence-corrected chi connectivity index (χ2v) is 18.8. The number of hydrogen-bond donors (Lipinski definition) is 3. The molecule has 0 bridgehead atoms. The van der Waals surface area contributed by atoms with E-state index in [9.17, 15) is 19.8 Å². The van der Waals surface area contributed by atoms with Gasteiger partial charge in [-0.1, -0.05) is 272 Å². The first-order chi connectivity index (χ1) is 33.0. The molecule has 6 heteroatoms. The number of allylic oxidation sites excluding steroid dienone is 16. The average Bonchev–Trinajstić information content (AvgIpc) is 3.32. The Balaban J connectivity index is 4.60. The molecule has 0 saturated heterocycles. The highest BCUT2D eigenvalue weighted by Crippen LogP contribution is 2.18. The van der Waals surface area contributed by atoms with Crippen molar-refractivity contribution >= 4 is 11.9 Å². The Labute approximate surface area is 414 Å². The molecule has 0 aromatic rings. The van der Waals surface area contributed by atoms with Crippen LogP contribution in [0.1, 0.15) is 252 Å². The summed E-state index contributed by atoms with van der Waals surface area (Å²) in [6, 6.07) is -0.721. The second-order valence-electron chi connectivity index (χ2n) is 18.8. The quantitative estimate of drug-likeness (QED) is 0.0321. The van der Waals surface area contributed by atoms with E-state index in [2.05, 4.69) is 99.0 Å². The molecule has 0 fully saturated rings. The predicted octanol–water partition coefficient (Wildman–Crippen LogP) is 17.3. The van der Waals surface area contributed by atoms with Gasteiger partial charge in [0.25, 0.3) is 0 Å². The third-order valence-electron chi connectivity index (χ3n) is 12.3. The van der Waals surface area contributed by atoms with E-state index >= 15 is 0 Å². The molecule has 0 aliphatic carbocycles. The summed E-state index contributed by atoms with van der Waals surface area (Å²) >= 11 is 0. The minimum Gasteiger partial charge on any atom is -0.462 e. The van der Waals surface area contributed by atoms with Crippen LogP contribution in [0.3, 0.4) is 0 Å². The molecule has 0 spiro atoms. The summed E-state index contributed by atoms with van der Waals surface area (Å²) in [5.41, 5.74) is 0. The summed E-state index contributed by atoms with van der Waals surface area (Å²) in [6.45, 7) is 6.27. The van der Waals surface area contributed by atoms with Crippen molar-refractivity contribution in [3.05, 3.63) is 97.2 Å². The number of hydrogen-bond acceptors (Lipinski definition) is 5. The normalized spacial score (nSPS) is 13.9. The Morgan fingerprint density at radius 2 is 0.836 bits per heavy atom. The lowest BCUT2D eigenvalue weighted by molar-refractivity contribution is -0.151. The van der Waals surface area contributed by atoms with Crippen LogP contribution in [0.15, 0.2) is 97.2 Å². The van der Waals surface area contributed by atoms with Crippen molar-refractivity contribution in [2.45, 2.75) is 270 Å². The van der Waals surface area contributed by atoms with Gasteiger partial charge in [-0.05, 0) is 64.2 Å². The molecule has 6 nitrogen and oxygen atoms in total. The number of amides is 1. The summed E-state index contributed by atoms with van der Waals surface area (Å²) in [5.74, 6) is -0.526. The number of carbonyl (C=O) groups excluding carboxylic acids is 2. The Hall–Kier alpha value is -3.22. The number of ether oxygens (including phenoxy) is 1. The van der Waals surface area contributed by atoms with Gasteiger partial charge in [0.05, 0.1) is 25.2 Å². The average molecular weight is 933 g/mol. The van der Waals surface area contributed by atoms with Crippen molar-refractivity contribution in [2.75, 3.05) is 6.61 Å². The Bertz CT molecular complexity index is 1320. The molecule has 0 aromatic carbocycles. The molecule has 0 heterocycles. The molecule has 3 N–H and O–H groups in total. The molecular weight excluding hydrogens is 827 g/mol. The minimum absolute atomic E-state index is 0.0482. The van der Waals surface area contributed by atoms with Gasteiger partial charge in [-0.15, -0.1) is 0 Å². The number of esters is 1. The standard InChI is InChI=1S/C61H105NO5/c1-4-7-10-13-16-19-22-25-27-29-31-33-36-39-42-45-48-51-54-61(66)67-57(52-49-46-43-40-37-34-24-21-18-15-12-9-6-3)55-60(65)62-58(56-63)59(64)53-50-47-44-41-38-35-32-30-28-26-23-20-17-14-11-8-5-2/h9-10,12-13,15-16,18-19,21-22,24-25,27,29,31,33,57-59,63-64H,4-8,11,14,17,20,23,26,28,30,32,34-56H2,1-3H3,(H,62,65)/b12-9+,13-10+,18-15+,19-16+,24-21+,25-22+,29-27+,33-31+.